The molecule has 2 aromatic heterocycles. The predicted octanol–water partition coefficient (Wildman–Crippen LogP) is 9.76. The molecular weight excluding hydrogens is 536 g/mol. The summed E-state index contributed by atoms with van der Waals surface area (Å²) in [6.45, 7) is 0. The first-order valence-electron chi connectivity index (χ1n) is 14.9. The lowest BCUT2D eigenvalue weighted by Gasteiger charge is -2.24. The van der Waals surface area contributed by atoms with Gasteiger partial charge in [0.2, 0.25) is 0 Å². The lowest BCUT2D eigenvalue weighted by atomic mass is 10.1. The summed E-state index contributed by atoms with van der Waals surface area (Å²) >= 11 is 0. The van der Waals surface area contributed by atoms with Crippen LogP contribution in [0.15, 0.2) is 164 Å². The molecule has 0 radical (unpaired) electrons. The lowest BCUT2D eigenvalue weighted by molar-refractivity contribution is 1.10. The molecule has 208 valence electrons. The first-order valence-corrected chi connectivity index (χ1v) is 14.9. The molecule has 4 nitrogen and oxygen atoms in total. The van der Waals surface area contributed by atoms with Gasteiger partial charge in [0, 0.05) is 62.8 Å². The fourth-order valence-corrected chi connectivity index (χ4v) is 6.75. The molecule has 0 saturated carbocycles. The van der Waals surface area contributed by atoms with Crippen LogP contribution in [0.5, 0.6) is 0 Å². The first-order chi connectivity index (χ1) is 21.8. The summed E-state index contributed by atoms with van der Waals surface area (Å²) in [7, 11) is 0. The average molecular weight is 565 g/mol. The SMILES string of the molecule is C1=CN(c2cccc(-n3c4ccccc4c4ccccc43)c2)C=C(c2cccc(-n3c4ccccc4c4ccccc43)c2)N1. The van der Waals surface area contributed by atoms with Gasteiger partial charge in [-0.15, -0.1) is 0 Å². The van der Waals surface area contributed by atoms with E-state index in [1.165, 1.54) is 43.6 Å². The van der Waals surface area contributed by atoms with Crippen LogP contribution in [-0.4, -0.2) is 9.13 Å². The molecule has 0 aliphatic carbocycles. The van der Waals surface area contributed by atoms with Crippen molar-refractivity contribution in [3.05, 3.63) is 170 Å². The number of anilines is 1. The number of aromatic nitrogens is 2. The highest BCUT2D eigenvalue weighted by molar-refractivity contribution is 6.10. The number of nitrogens with one attached hydrogen (secondary N) is 1. The van der Waals surface area contributed by atoms with Gasteiger partial charge in [-0.2, -0.15) is 0 Å². The van der Waals surface area contributed by atoms with Gasteiger partial charge in [-0.05, 0) is 54.6 Å². The molecule has 1 aliphatic rings. The van der Waals surface area contributed by atoms with Crippen molar-refractivity contribution in [2.24, 2.45) is 0 Å². The number of benzene rings is 6. The zero-order chi connectivity index (χ0) is 29.0. The van der Waals surface area contributed by atoms with Crippen molar-refractivity contribution >= 4 is 55.0 Å². The Bertz CT molecular complexity index is 2330. The summed E-state index contributed by atoms with van der Waals surface area (Å²) in [5, 5.41) is 8.56. The number of rotatable bonds is 4. The minimum absolute atomic E-state index is 1.04. The van der Waals surface area contributed by atoms with E-state index in [2.05, 4.69) is 177 Å². The van der Waals surface area contributed by atoms with Crippen molar-refractivity contribution < 1.29 is 0 Å². The molecule has 0 fully saturated rings. The van der Waals surface area contributed by atoms with Crippen LogP contribution in [0.1, 0.15) is 5.56 Å². The minimum atomic E-state index is 1.04. The molecule has 0 amide bonds. The molecule has 1 aliphatic heterocycles. The van der Waals surface area contributed by atoms with Crippen molar-refractivity contribution in [3.63, 3.8) is 0 Å². The van der Waals surface area contributed by atoms with Gasteiger partial charge in [0.1, 0.15) is 0 Å². The maximum atomic E-state index is 3.50. The number of fused-ring (bicyclic) bond motifs is 6. The van der Waals surface area contributed by atoms with Gasteiger partial charge in [0.25, 0.3) is 0 Å². The van der Waals surface area contributed by atoms with E-state index in [1.54, 1.807) is 0 Å². The van der Waals surface area contributed by atoms with Gasteiger partial charge >= 0.3 is 0 Å². The van der Waals surface area contributed by atoms with Crippen LogP contribution in [-0.2, 0) is 0 Å². The Morgan fingerprint density at radius 2 is 0.864 bits per heavy atom. The highest BCUT2D eigenvalue weighted by Gasteiger charge is 2.16. The van der Waals surface area contributed by atoms with E-state index >= 15 is 0 Å². The van der Waals surface area contributed by atoms with Crippen molar-refractivity contribution in [2.45, 2.75) is 0 Å². The average Bonchev–Trinajstić information content (AvgIpc) is 3.62. The summed E-state index contributed by atoms with van der Waals surface area (Å²) in [6, 6.07) is 52.1. The molecule has 1 N–H and O–H groups in total. The Balaban J connectivity index is 1.12. The molecule has 0 saturated heterocycles. The zero-order valence-corrected chi connectivity index (χ0v) is 23.9. The summed E-state index contributed by atoms with van der Waals surface area (Å²) in [6.07, 6.45) is 6.26. The van der Waals surface area contributed by atoms with Crippen LogP contribution in [0.25, 0.3) is 60.7 Å². The van der Waals surface area contributed by atoms with Crippen molar-refractivity contribution in [1.29, 1.82) is 0 Å². The van der Waals surface area contributed by atoms with E-state index in [0.29, 0.717) is 0 Å². The molecule has 0 bridgehead atoms. The Hall–Kier alpha value is -6.00. The third-order valence-corrected chi connectivity index (χ3v) is 8.70. The maximum Gasteiger partial charge on any atom is 0.0623 e. The Labute approximate surface area is 255 Å². The number of nitrogens with zero attached hydrogens (tertiary/aromatic N) is 3. The highest BCUT2D eigenvalue weighted by atomic mass is 15.1. The van der Waals surface area contributed by atoms with Crippen LogP contribution >= 0.6 is 0 Å². The van der Waals surface area contributed by atoms with E-state index in [9.17, 15) is 0 Å². The maximum absolute atomic E-state index is 3.50. The first kappa shape index (κ1) is 24.6. The highest BCUT2D eigenvalue weighted by Crippen LogP contribution is 2.35. The zero-order valence-electron chi connectivity index (χ0n) is 23.9. The second-order valence-corrected chi connectivity index (χ2v) is 11.2. The normalized spacial score (nSPS) is 13.2. The quantitative estimate of drug-likeness (QED) is 0.230. The van der Waals surface area contributed by atoms with Gasteiger partial charge in [0.05, 0.1) is 27.8 Å². The van der Waals surface area contributed by atoms with E-state index < -0.39 is 0 Å². The molecule has 9 rings (SSSR count). The van der Waals surface area contributed by atoms with E-state index in [1.807, 2.05) is 6.20 Å². The molecule has 3 heterocycles. The van der Waals surface area contributed by atoms with Crippen LogP contribution in [0.2, 0.25) is 0 Å². The largest absolute Gasteiger partial charge is 0.359 e. The fourth-order valence-electron chi connectivity index (χ4n) is 6.75. The topological polar surface area (TPSA) is 25.1 Å². The van der Waals surface area contributed by atoms with Gasteiger partial charge in [-0.1, -0.05) is 91.0 Å². The van der Waals surface area contributed by atoms with Crippen LogP contribution < -0.4 is 10.2 Å². The molecule has 8 aromatic rings. The van der Waals surface area contributed by atoms with E-state index in [4.69, 9.17) is 0 Å². The Morgan fingerprint density at radius 3 is 1.41 bits per heavy atom. The van der Waals surface area contributed by atoms with Crippen LogP contribution in [0, 0.1) is 0 Å². The Morgan fingerprint density at radius 1 is 0.409 bits per heavy atom. The Kier molecular flexibility index (Phi) is 5.47. The summed E-state index contributed by atoms with van der Waals surface area (Å²) in [4.78, 5) is 2.19. The molecule has 4 heteroatoms. The van der Waals surface area contributed by atoms with Gasteiger partial charge in [-0.25, -0.2) is 0 Å². The van der Waals surface area contributed by atoms with Gasteiger partial charge in [-0.3, -0.25) is 0 Å². The van der Waals surface area contributed by atoms with Crippen molar-refractivity contribution in [2.75, 3.05) is 4.90 Å². The van der Waals surface area contributed by atoms with Crippen LogP contribution in [0.3, 0.4) is 0 Å². The summed E-state index contributed by atoms with van der Waals surface area (Å²) in [5.74, 6) is 0. The third kappa shape index (κ3) is 3.78. The summed E-state index contributed by atoms with van der Waals surface area (Å²) < 4.78 is 4.72. The van der Waals surface area contributed by atoms with E-state index in [0.717, 1.165) is 28.3 Å². The molecule has 0 spiro atoms. The molecular formula is C40H28N4. The van der Waals surface area contributed by atoms with Crippen LogP contribution in [0.4, 0.5) is 5.69 Å². The second kappa shape index (κ2) is 9.79. The number of hydrogen-bond acceptors (Lipinski definition) is 2. The second-order valence-electron chi connectivity index (χ2n) is 11.2. The van der Waals surface area contributed by atoms with Crippen molar-refractivity contribution in [1.82, 2.24) is 14.5 Å². The lowest BCUT2D eigenvalue weighted by Crippen LogP contribution is -2.19. The molecule has 0 unspecified atom stereocenters. The molecule has 44 heavy (non-hydrogen) atoms. The summed E-state index contributed by atoms with van der Waals surface area (Å²) in [5.41, 5.74) is 10.4. The smallest absolute Gasteiger partial charge is 0.0623 e. The minimum Gasteiger partial charge on any atom is -0.359 e. The van der Waals surface area contributed by atoms with E-state index in [-0.39, 0.29) is 0 Å². The fraction of sp³-hybridized carbons (Fsp3) is 0. The molecule has 0 atom stereocenters. The third-order valence-electron chi connectivity index (χ3n) is 8.70. The number of para-hydroxylation sites is 4. The monoisotopic (exact) mass is 564 g/mol. The molecule has 6 aromatic carbocycles. The van der Waals surface area contributed by atoms with Crippen molar-refractivity contribution in [3.8, 4) is 11.4 Å². The van der Waals surface area contributed by atoms with Gasteiger partial charge in [0.15, 0.2) is 0 Å². The standard InChI is InChI=1S/C40H28N4/c1-5-19-37-32(15-1)33-16-2-6-20-38(33)43(37)30-13-9-11-28(25-30)36-27-42(24-23-41-36)29-12-10-14-31(26-29)44-39-21-7-3-17-34(39)35-18-4-8-22-40(35)44/h1-27,41H. The number of hydrogen-bond donors (Lipinski definition) is 1. The predicted molar refractivity (Wildman–Crippen MR) is 184 cm³/mol. The van der Waals surface area contributed by atoms with Gasteiger partial charge < -0.3 is 19.4 Å².